The van der Waals surface area contributed by atoms with Crippen LogP contribution in [0.25, 0.3) is 0 Å². The summed E-state index contributed by atoms with van der Waals surface area (Å²) < 4.78 is 32.2. The van der Waals surface area contributed by atoms with E-state index in [1.54, 1.807) is 0 Å². The lowest BCUT2D eigenvalue weighted by Crippen LogP contribution is -2.28. The molecule has 0 heterocycles. The van der Waals surface area contributed by atoms with Crippen molar-refractivity contribution in [3.8, 4) is 0 Å². The van der Waals surface area contributed by atoms with Gasteiger partial charge in [0.05, 0.1) is 26.4 Å². The number of hydrogen-bond donors (Lipinski definition) is 3. The van der Waals surface area contributed by atoms with Gasteiger partial charge in [0.15, 0.2) is 0 Å². The zero-order valence-electron chi connectivity index (χ0n) is 25.8. The largest absolute Gasteiger partial charge is 0.472 e. The Bertz CT molecular complexity index is 624. The molecule has 0 radical (unpaired) electrons. The highest BCUT2D eigenvalue weighted by Gasteiger charge is 2.27. The van der Waals surface area contributed by atoms with Crippen LogP contribution in [0.1, 0.15) is 142 Å². The first-order valence-electron chi connectivity index (χ1n) is 16.0. The summed E-state index contributed by atoms with van der Waals surface area (Å²) in [5.41, 5.74) is 0. The number of unbranched alkanes of at least 4 members (excludes halogenated alkanes) is 16. The first-order valence-corrected chi connectivity index (χ1v) is 17.5. The smallest absolute Gasteiger partial charge is 0.457 e. The third-order valence-electron chi connectivity index (χ3n) is 6.82. The van der Waals surface area contributed by atoms with Gasteiger partial charge in [-0.3, -0.25) is 18.6 Å². The lowest BCUT2D eigenvalue weighted by molar-refractivity contribution is -0.153. The molecule has 2 atom stereocenters. The molecule has 244 valence electrons. The van der Waals surface area contributed by atoms with Crippen LogP contribution in [-0.4, -0.2) is 65.7 Å². The molecule has 2 unspecified atom stereocenters. The first kappa shape index (κ1) is 40.0. The van der Waals surface area contributed by atoms with Crippen LogP contribution >= 0.6 is 7.82 Å². The van der Waals surface area contributed by atoms with Crippen molar-refractivity contribution < 1.29 is 47.8 Å². The van der Waals surface area contributed by atoms with Crippen molar-refractivity contribution in [1.29, 1.82) is 0 Å². The lowest BCUT2D eigenvalue weighted by atomic mass is 10.1. The molecule has 0 aromatic carbocycles. The number of phosphoric acid groups is 1. The summed E-state index contributed by atoms with van der Waals surface area (Å²) in [5, 5.41) is 18.9. The Morgan fingerprint density at radius 3 is 1.15 bits per heavy atom. The molecule has 41 heavy (non-hydrogen) atoms. The number of aliphatic hydroxyl groups excluding tert-OH is 2. The maximum atomic E-state index is 12.2. The van der Waals surface area contributed by atoms with Crippen molar-refractivity contribution in [2.24, 2.45) is 0 Å². The molecular weight excluding hydrogens is 551 g/mol. The maximum absolute atomic E-state index is 12.2. The normalized spacial score (nSPS) is 14.4. The fourth-order valence-electron chi connectivity index (χ4n) is 4.29. The number of aliphatic hydroxyl groups is 2. The van der Waals surface area contributed by atoms with Gasteiger partial charge in [0.25, 0.3) is 0 Å². The van der Waals surface area contributed by atoms with Crippen LogP contribution in [0.5, 0.6) is 0 Å². The van der Waals surface area contributed by atoms with Crippen molar-refractivity contribution in [2.75, 3.05) is 26.4 Å². The van der Waals surface area contributed by atoms with Crippen molar-refractivity contribution in [3.05, 3.63) is 0 Å². The van der Waals surface area contributed by atoms with E-state index in [2.05, 4.69) is 13.8 Å². The molecular formula is C30H59O10P. The summed E-state index contributed by atoms with van der Waals surface area (Å²) in [4.78, 5) is 34.0. The molecule has 11 heteroatoms. The molecule has 0 fully saturated rings. The second kappa shape index (κ2) is 27.8. The number of phosphoric ester groups is 1. The molecule has 0 aliphatic heterocycles. The van der Waals surface area contributed by atoms with Crippen molar-refractivity contribution in [1.82, 2.24) is 0 Å². The van der Waals surface area contributed by atoms with Crippen molar-refractivity contribution in [2.45, 2.75) is 154 Å². The predicted molar refractivity (Wildman–Crippen MR) is 159 cm³/mol. The molecule has 0 amide bonds. The van der Waals surface area contributed by atoms with Gasteiger partial charge in [-0.25, -0.2) is 4.57 Å². The third-order valence-corrected chi connectivity index (χ3v) is 7.77. The van der Waals surface area contributed by atoms with Crippen LogP contribution < -0.4 is 0 Å². The van der Waals surface area contributed by atoms with E-state index >= 15 is 0 Å². The minimum atomic E-state index is -4.61. The average molecular weight is 611 g/mol. The maximum Gasteiger partial charge on any atom is 0.472 e. The summed E-state index contributed by atoms with van der Waals surface area (Å²) in [7, 11) is -4.61. The van der Waals surface area contributed by atoms with Crippen LogP contribution in [0, 0.1) is 0 Å². The highest BCUT2D eigenvalue weighted by Crippen LogP contribution is 2.43. The van der Waals surface area contributed by atoms with E-state index in [1.165, 1.54) is 64.2 Å². The van der Waals surface area contributed by atoms with Gasteiger partial charge in [-0.15, -0.1) is 0 Å². The number of rotatable bonds is 30. The molecule has 3 N–H and O–H groups in total. The van der Waals surface area contributed by atoms with Gasteiger partial charge in [-0.2, -0.15) is 0 Å². The first-order chi connectivity index (χ1) is 19.8. The van der Waals surface area contributed by atoms with Crippen molar-refractivity contribution >= 4 is 19.8 Å². The van der Waals surface area contributed by atoms with E-state index in [0.29, 0.717) is 12.8 Å². The van der Waals surface area contributed by atoms with Gasteiger partial charge >= 0.3 is 19.8 Å². The Hall–Kier alpha value is -1.03. The zero-order chi connectivity index (χ0) is 30.6. The topological polar surface area (TPSA) is 149 Å². The quantitative estimate of drug-likeness (QED) is 0.0452. The molecule has 0 aromatic rings. The minimum Gasteiger partial charge on any atom is -0.457 e. The lowest BCUT2D eigenvalue weighted by Gasteiger charge is -2.20. The van der Waals surface area contributed by atoms with Gasteiger partial charge in [0.1, 0.15) is 12.2 Å². The number of ether oxygens (including phenoxy) is 2. The standard InChI is InChI=1S/C30H59O10P/c1-3-5-7-9-11-13-15-17-19-21-29(33)39-27(23-31)25-37-41(35,36)38-26-28(24-32)40-30(34)22-20-18-16-14-12-10-8-6-4-2/h27-28,31-32H,3-26H2,1-2H3,(H,35,36). The summed E-state index contributed by atoms with van der Waals surface area (Å²) in [6.45, 7) is 2.12. The number of carbonyl (C=O) groups excluding carboxylic acids is 2. The van der Waals surface area contributed by atoms with E-state index in [9.17, 15) is 29.3 Å². The third kappa shape index (κ3) is 26.3. The molecule has 10 nitrogen and oxygen atoms in total. The van der Waals surface area contributed by atoms with Crippen LogP contribution in [0.15, 0.2) is 0 Å². The Labute approximate surface area is 248 Å². The van der Waals surface area contributed by atoms with Crippen LogP contribution in [0.4, 0.5) is 0 Å². The Kier molecular flexibility index (Phi) is 27.1. The second-order valence-electron chi connectivity index (χ2n) is 10.8. The highest BCUT2D eigenvalue weighted by molar-refractivity contribution is 7.47. The van der Waals surface area contributed by atoms with E-state index in [1.807, 2.05) is 0 Å². The Morgan fingerprint density at radius 1 is 0.561 bits per heavy atom. The SMILES string of the molecule is CCCCCCCCCCCC(=O)OC(CO)COP(=O)(O)OCC(CO)OC(=O)CCCCCCCCCCC. The van der Waals surface area contributed by atoms with Crippen molar-refractivity contribution in [3.63, 3.8) is 0 Å². The van der Waals surface area contributed by atoms with Gasteiger partial charge in [-0.05, 0) is 12.8 Å². The van der Waals surface area contributed by atoms with Crippen LogP contribution in [0.2, 0.25) is 0 Å². The zero-order valence-corrected chi connectivity index (χ0v) is 26.7. The molecule has 0 saturated carbocycles. The summed E-state index contributed by atoms with van der Waals surface area (Å²) >= 11 is 0. The Balaban J connectivity index is 4.07. The Morgan fingerprint density at radius 2 is 0.854 bits per heavy atom. The number of hydrogen-bond acceptors (Lipinski definition) is 9. The van der Waals surface area contributed by atoms with Crippen LogP contribution in [0.3, 0.4) is 0 Å². The molecule has 0 spiro atoms. The van der Waals surface area contributed by atoms with E-state index in [4.69, 9.17) is 18.5 Å². The van der Waals surface area contributed by atoms with E-state index < -0.39 is 58.4 Å². The fourth-order valence-corrected chi connectivity index (χ4v) is 5.07. The molecule has 0 aliphatic carbocycles. The number of esters is 2. The van der Waals surface area contributed by atoms with Gasteiger partial charge in [0, 0.05) is 12.8 Å². The number of carbonyl (C=O) groups is 2. The second-order valence-corrected chi connectivity index (χ2v) is 12.3. The minimum absolute atomic E-state index is 0.197. The summed E-state index contributed by atoms with van der Waals surface area (Å²) in [5.74, 6) is -1.02. The van der Waals surface area contributed by atoms with E-state index in [0.717, 1.165) is 38.5 Å². The molecule has 0 saturated heterocycles. The molecule has 0 rings (SSSR count). The molecule has 0 bridgehead atoms. The molecule has 0 aliphatic rings. The summed E-state index contributed by atoms with van der Waals surface area (Å²) in [6.07, 6.45) is 18.2. The summed E-state index contributed by atoms with van der Waals surface area (Å²) in [6, 6.07) is 0. The monoisotopic (exact) mass is 610 g/mol. The van der Waals surface area contributed by atoms with Gasteiger partial charge < -0.3 is 24.6 Å². The van der Waals surface area contributed by atoms with Gasteiger partial charge in [0.2, 0.25) is 0 Å². The fraction of sp³-hybridized carbons (Fsp3) is 0.933. The van der Waals surface area contributed by atoms with Crippen LogP contribution in [-0.2, 0) is 32.7 Å². The molecule has 0 aromatic heterocycles. The average Bonchev–Trinajstić information content (AvgIpc) is 2.95. The van der Waals surface area contributed by atoms with Gasteiger partial charge in [-0.1, -0.05) is 117 Å². The highest BCUT2D eigenvalue weighted by atomic mass is 31.2. The van der Waals surface area contributed by atoms with E-state index in [-0.39, 0.29) is 12.8 Å². The predicted octanol–water partition coefficient (Wildman–Crippen LogP) is 6.77.